The van der Waals surface area contributed by atoms with Gasteiger partial charge in [-0.05, 0) is 47.9 Å². The number of rotatable bonds is 5. The van der Waals surface area contributed by atoms with Crippen LogP contribution in [0.4, 0.5) is 4.39 Å². The number of carbonyl (C=O) groups excluding carboxylic acids is 1. The number of nitriles is 1. The highest BCUT2D eigenvalue weighted by Gasteiger charge is 2.48. The van der Waals surface area contributed by atoms with Crippen LogP contribution in [0.2, 0.25) is 10.0 Å². The number of nitrogens with zero attached hydrogens (tertiary/aromatic N) is 1. The average Bonchev–Trinajstić information content (AvgIpc) is 2.74. The maximum Gasteiger partial charge on any atom is 0.237 e. The van der Waals surface area contributed by atoms with Gasteiger partial charge >= 0.3 is 0 Å². The van der Waals surface area contributed by atoms with Crippen molar-refractivity contribution < 1.29 is 9.18 Å². The standard InChI is InChI=1S/C25H28Cl2FN3O/c1-24(2,3)11-18-14-30-21(12-25(18,15-29)17-7-9-19(26)10-8-17)23(32)31-13-16-5-4-6-20(27)22(16)28/h4-10,18,21,30H,11-14H2,1-3H3,(H,31,32). The Morgan fingerprint density at radius 2 is 1.94 bits per heavy atom. The molecular formula is C25H28Cl2FN3O. The second-order valence-corrected chi connectivity index (χ2v) is 10.5. The van der Waals surface area contributed by atoms with Crippen molar-refractivity contribution in [3.8, 4) is 6.07 Å². The summed E-state index contributed by atoms with van der Waals surface area (Å²) in [5, 5.41) is 17.1. The molecule has 0 aromatic heterocycles. The predicted octanol–water partition coefficient (Wildman–Crippen LogP) is 5.62. The highest BCUT2D eigenvalue weighted by molar-refractivity contribution is 6.31. The van der Waals surface area contributed by atoms with Gasteiger partial charge < -0.3 is 10.6 Å². The van der Waals surface area contributed by atoms with Crippen molar-refractivity contribution in [3.63, 3.8) is 0 Å². The number of piperidine rings is 1. The third-order valence-electron chi connectivity index (χ3n) is 6.05. The van der Waals surface area contributed by atoms with Crippen LogP contribution in [0.15, 0.2) is 42.5 Å². The zero-order valence-electron chi connectivity index (χ0n) is 18.5. The fourth-order valence-corrected chi connectivity index (χ4v) is 4.80. The molecule has 1 amide bonds. The summed E-state index contributed by atoms with van der Waals surface area (Å²) in [6.45, 7) is 6.99. The summed E-state index contributed by atoms with van der Waals surface area (Å²) in [5.74, 6) is -0.792. The van der Waals surface area contributed by atoms with E-state index in [2.05, 4.69) is 37.5 Å². The van der Waals surface area contributed by atoms with E-state index in [0.29, 0.717) is 23.6 Å². The van der Waals surface area contributed by atoms with Gasteiger partial charge in [0.05, 0.1) is 22.5 Å². The minimum absolute atomic E-state index is 0.0140. The molecule has 0 bridgehead atoms. The van der Waals surface area contributed by atoms with Crippen LogP contribution in [0.25, 0.3) is 0 Å². The van der Waals surface area contributed by atoms with E-state index in [1.807, 2.05) is 12.1 Å². The average molecular weight is 476 g/mol. The van der Waals surface area contributed by atoms with E-state index in [0.717, 1.165) is 12.0 Å². The van der Waals surface area contributed by atoms with Crippen molar-refractivity contribution in [3.05, 3.63) is 69.5 Å². The molecule has 2 N–H and O–H groups in total. The molecule has 1 fully saturated rings. The summed E-state index contributed by atoms with van der Waals surface area (Å²) >= 11 is 11.9. The van der Waals surface area contributed by atoms with Crippen molar-refractivity contribution in [1.82, 2.24) is 10.6 Å². The van der Waals surface area contributed by atoms with E-state index >= 15 is 0 Å². The number of nitrogens with one attached hydrogen (secondary N) is 2. The van der Waals surface area contributed by atoms with Crippen LogP contribution >= 0.6 is 23.2 Å². The number of hydrogen-bond acceptors (Lipinski definition) is 3. The van der Waals surface area contributed by atoms with Crippen molar-refractivity contribution in [1.29, 1.82) is 5.26 Å². The van der Waals surface area contributed by atoms with E-state index < -0.39 is 17.3 Å². The van der Waals surface area contributed by atoms with E-state index in [1.165, 1.54) is 6.07 Å². The Morgan fingerprint density at radius 1 is 1.25 bits per heavy atom. The first-order valence-electron chi connectivity index (χ1n) is 10.7. The second kappa shape index (κ2) is 9.79. The molecule has 0 spiro atoms. The van der Waals surface area contributed by atoms with E-state index in [-0.39, 0.29) is 28.8 Å². The van der Waals surface area contributed by atoms with Crippen LogP contribution in [0, 0.1) is 28.5 Å². The molecule has 170 valence electrons. The third kappa shape index (κ3) is 5.43. The Balaban J connectivity index is 1.84. The van der Waals surface area contributed by atoms with Gasteiger partial charge in [0.25, 0.3) is 0 Å². The SMILES string of the molecule is CC(C)(C)CC1CNC(C(=O)NCc2cccc(Cl)c2F)CC1(C#N)c1ccc(Cl)cc1. The fourth-order valence-electron chi connectivity index (χ4n) is 4.48. The third-order valence-corrected chi connectivity index (χ3v) is 6.60. The van der Waals surface area contributed by atoms with Crippen molar-refractivity contribution in [2.45, 2.75) is 51.6 Å². The highest BCUT2D eigenvalue weighted by atomic mass is 35.5. The molecule has 1 aliphatic heterocycles. The first-order valence-corrected chi connectivity index (χ1v) is 11.4. The summed E-state index contributed by atoms with van der Waals surface area (Å²) in [6, 6.07) is 14.0. The summed E-state index contributed by atoms with van der Waals surface area (Å²) < 4.78 is 14.2. The van der Waals surface area contributed by atoms with E-state index in [9.17, 15) is 14.4 Å². The Morgan fingerprint density at radius 3 is 2.56 bits per heavy atom. The zero-order chi connectivity index (χ0) is 23.5. The lowest BCUT2D eigenvalue weighted by Crippen LogP contribution is -2.57. The lowest BCUT2D eigenvalue weighted by molar-refractivity contribution is -0.124. The predicted molar refractivity (Wildman–Crippen MR) is 126 cm³/mol. The molecule has 1 aliphatic rings. The molecule has 2 aromatic rings. The van der Waals surface area contributed by atoms with Crippen LogP contribution in [0.3, 0.4) is 0 Å². The fraction of sp³-hybridized carbons (Fsp3) is 0.440. The number of hydrogen-bond donors (Lipinski definition) is 2. The van der Waals surface area contributed by atoms with Gasteiger partial charge in [0.2, 0.25) is 5.91 Å². The number of benzene rings is 2. The molecule has 3 atom stereocenters. The molecule has 2 aromatic carbocycles. The van der Waals surface area contributed by atoms with Crippen LogP contribution in [-0.2, 0) is 16.8 Å². The van der Waals surface area contributed by atoms with Gasteiger partial charge in [0.1, 0.15) is 5.82 Å². The maximum atomic E-state index is 14.2. The maximum absolute atomic E-state index is 14.2. The van der Waals surface area contributed by atoms with Crippen molar-refractivity contribution in [2.24, 2.45) is 11.3 Å². The Bertz CT molecular complexity index is 1010. The van der Waals surface area contributed by atoms with Crippen LogP contribution < -0.4 is 10.6 Å². The Kier molecular flexibility index (Phi) is 7.50. The Labute approximate surface area is 199 Å². The minimum atomic E-state index is -0.841. The summed E-state index contributed by atoms with van der Waals surface area (Å²) in [5.41, 5.74) is 0.349. The van der Waals surface area contributed by atoms with Gasteiger partial charge in [-0.2, -0.15) is 5.26 Å². The van der Waals surface area contributed by atoms with E-state index in [1.54, 1.807) is 24.3 Å². The number of halogens is 3. The smallest absolute Gasteiger partial charge is 0.237 e. The van der Waals surface area contributed by atoms with Crippen LogP contribution in [0.1, 0.15) is 44.7 Å². The molecule has 32 heavy (non-hydrogen) atoms. The molecule has 4 nitrogen and oxygen atoms in total. The molecule has 0 aliphatic carbocycles. The highest BCUT2D eigenvalue weighted by Crippen LogP contribution is 2.44. The zero-order valence-corrected chi connectivity index (χ0v) is 20.0. The van der Waals surface area contributed by atoms with Gasteiger partial charge in [-0.1, -0.05) is 68.2 Å². The molecule has 1 saturated heterocycles. The monoisotopic (exact) mass is 475 g/mol. The van der Waals surface area contributed by atoms with Crippen LogP contribution in [0.5, 0.6) is 0 Å². The van der Waals surface area contributed by atoms with Gasteiger partial charge in [0, 0.05) is 23.7 Å². The van der Waals surface area contributed by atoms with Gasteiger partial charge in [-0.3, -0.25) is 4.79 Å². The van der Waals surface area contributed by atoms with Gasteiger partial charge in [0.15, 0.2) is 0 Å². The first kappa shape index (κ1) is 24.5. The molecule has 3 rings (SSSR count). The Hall–Kier alpha value is -2.13. The molecule has 0 saturated carbocycles. The largest absolute Gasteiger partial charge is 0.351 e. The van der Waals surface area contributed by atoms with Gasteiger partial charge in [-0.15, -0.1) is 0 Å². The second-order valence-electron chi connectivity index (χ2n) is 9.65. The van der Waals surface area contributed by atoms with Crippen LogP contribution in [-0.4, -0.2) is 18.5 Å². The number of amides is 1. The summed E-state index contributed by atoms with van der Waals surface area (Å²) in [7, 11) is 0. The molecular weight excluding hydrogens is 448 g/mol. The van der Waals surface area contributed by atoms with Crippen molar-refractivity contribution >= 4 is 29.1 Å². The molecule has 7 heteroatoms. The topological polar surface area (TPSA) is 64.9 Å². The lowest BCUT2D eigenvalue weighted by Gasteiger charge is -2.45. The van der Waals surface area contributed by atoms with Gasteiger partial charge in [-0.25, -0.2) is 4.39 Å². The van der Waals surface area contributed by atoms with Crippen molar-refractivity contribution in [2.75, 3.05) is 6.54 Å². The minimum Gasteiger partial charge on any atom is -0.351 e. The quantitative estimate of drug-likeness (QED) is 0.589. The lowest BCUT2D eigenvalue weighted by atomic mass is 9.61. The molecule has 1 heterocycles. The summed E-state index contributed by atoms with van der Waals surface area (Å²) in [6.07, 6.45) is 1.13. The molecule has 0 radical (unpaired) electrons. The first-order chi connectivity index (χ1) is 15.1. The summed E-state index contributed by atoms with van der Waals surface area (Å²) in [4.78, 5) is 13.0. The molecule has 3 unspecified atom stereocenters. The number of carbonyl (C=O) groups is 1. The van der Waals surface area contributed by atoms with E-state index in [4.69, 9.17) is 23.2 Å². The normalized spacial score (nSPS) is 23.4.